The summed E-state index contributed by atoms with van der Waals surface area (Å²) in [5.41, 5.74) is 4.70. The van der Waals surface area contributed by atoms with Crippen molar-refractivity contribution in [3.63, 3.8) is 0 Å². The molecular weight excluding hydrogens is 416 g/mol. The number of anilines is 1. The smallest absolute Gasteiger partial charge is 0.265 e. The van der Waals surface area contributed by atoms with Crippen LogP contribution in [0.5, 0.6) is 11.5 Å². The Kier molecular flexibility index (Phi) is 5.70. The first-order valence-corrected chi connectivity index (χ1v) is 10.6. The number of nitrogens with two attached hydrogens (primary N) is 1. The summed E-state index contributed by atoms with van der Waals surface area (Å²) in [6.07, 6.45) is 5.28. The summed E-state index contributed by atoms with van der Waals surface area (Å²) in [6, 6.07) is 21.6. The molecule has 2 N–H and O–H groups in total. The minimum atomic E-state index is -0.0784. The molecule has 3 heterocycles. The molecule has 0 saturated carbocycles. The van der Waals surface area contributed by atoms with E-state index >= 15 is 0 Å². The summed E-state index contributed by atoms with van der Waals surface area (Å²) in [5, 5.41) is 2.01. The average Bonchev–Trinajstić information content (AvgIpc) is 2.86. The number of fused-ring (bicyclic) bond motifs is 1. The SMILES string of the molecule is COc1cccc([NH2+]c2cc(-c3ccc4c(c3)N(Cc3cccnc3)C(=O)CO4)ccn2)c1. The number of nitrogens with zero attached hydrogens (tertiary/aromatic N) is 3. The van der Waals surface area contributed by atoms with Gasteiger partial charge >= 0.3 is 0 Å². The molecule has 0 fully saturated rings. The number of pyridine rings is 2. The molecule has 2 aromatic carbocycles. The molecule has 0 saturated heterocycles. The Labute approximate surface area is 191 Å². The molecule has 7 heteroatoms. The lowest BCUT2D eigenvalue weighted by Gasteiger charge is -2.30. The number of amides is 1. The van der Waals surface area contributed by atoms with E-state index in [1.54, 1.807) is 30.6 Å². The maximum atomic E-state index is 12.7. The number of benzene rings is 2. The molecule has 7 nitrogen and oxygen atoms in total. The second-order valence-corrected chi connectivity index (χ2v) is 7.70. The van der Waals surface area contributed by atoms with Crippen molar-refractivity contribution in [1.29, 1.82) is 0 Å². The van der Waals surface area contributed by atoms with Crippen LogP contribution < -0.4 is 19.7 Å². The first-order valence-electron chi connectivity index (χ1n) is 10.6. The minimum absolute atomic E-state index is 0.0293. The van der Waals surface area contributed by atoms with Gasteiger partial charge in [0.05, 0.1) is 19.3 Å². The Bertz CT molecular complexity index is 1290. The molecule has 0 spiro atoms. The molecule has 0 bridgehead atoms. The summed E-state index contributed by atoms with van der Waals surface area (Å²) >= 11 is 0. The molecule has 0 unspecified atom stereocenters. The summed E-state index contributed by atoms with van der Waals surface area (Å²) in [4.78, 5) is 23.1. The minimum Gasteiger partial charge on any atom is -0.497 e. The van der Waals surface area contributed by atoms with Crippen LogP contribution in [0.4, 0.5) is 17.2 Å². The zero-order valence-corrected chi connectivity index (χ0v) is 18.1. The van der Waals surface area contributed by atoms with E-state index in [4.69, 9.17) is 9.47 Å². The van der Waals surface area contributed by atoms with Gasteiger partial charge in [0.25, 0.3) is 5.91 Å². The highest BCUT2D eigenvalue weighted by Crippen LogP contribution is 2.37. The molecule has 0 radical (unpaired) electrons. The number of hydrogen-bond donors (Lipinski definition) is 1. The molecule has 1 aliphatic heterocycles. The van der Waals surface area contributed by atoms with Crippen LogP contribution in [-0.2, 0) is 11.3 Å². The normalized spacial score (nSPS) is 12.8. The monoisotopic (exact) mass is 439 g/mol. The quantitative estimate of drug-likeness (QED) is 0.464. The summed E-state index contributed by atoms with van der Waals surface area (Å²) in [6.45, 7) is 0.471. The van der Waals surface area contributed by atoms with Crippen LogP contribution in [0.2, 0.25) is 0 Å². The van der Waals surface area contributed by atoms with E-state index < -0.39 is 0 Å². The van der Waals surface area contributed by atoms with E-state index in [9.17, 15) is 4.79 Å². The maximum Gasteiger partial charge on any atom is 0.265 e. The van der Waals surface area contributed by atoms with E-state index in [0.717, 1.165) is 39.6 Å². The Morgan fingerprint density at radius 1 is 1.03 bits per heavy atom. The van der Waals surface area contributed by atoms with Crippen LogP contribution in [0.3, 0.4) is 0 Å². The highest BCUT2D eigenvalue weighted by atomic mass is 16.5. The predicted octanol–water partition coefficient (Wildman–Crippen LogP) is 3.60. The van der Waals surface area contributed by atoms with Gasteiger partial charge in [0.2, 0.25) is 5.82 Å². The first kappa shape index (κ1) is 20.7. The van der Waals surface area contributed by atoms with Gasteiger partial charge < -0.3 is 14.4 Å². The Morgan fingerprint density at radius 3 is 2.79 bits per heavy atom. The van der Waals surface area contributed by atoms with E-state index in [2.05, 4.69) is 9.97 Å². The zero-order chi connectivity index (χ0) is 22.6. The van der Waals surface area contributed by atoms with Gasteiger partial charge in [0, 0.05) is 30.7 Å². The topological polar surface area (TPSA) is 81.2 Å². The Morgan fingerprint density at radius 2 is 1.94 bits per heavy atom. The van der Waals surface area contributed by atoms with Gasteiger partial charge in [-0.3, -0.25) is 15.1 Å². The number of rotatable bonds is 6. The summed E-state index contributed by atoms with van der Waals surface area (Å²) < 4.78 is 11.0. The highest BCUT2D eigenvalue weighted by molar-refractivity contribution is 5.98. The van der Waals surface area contributed by atoms with Crippen molar-refractivity contribution in [2.24, 2.45) is 0 Å². The third-order valence-electron chi connectivity index (χ3n) is 5.49. The Balaban J connectivity index is 1.45. The standard InChI is InChI=1S/C26H22N4O3/c1-32-22-6-2-5-21(14-22)29-25-13-20(9-11-28-25)19-7-8-24-23(12-19)30(26(31)17-33-24)16-18-4-3-10-27-15-18/h2-15H,16-17H2,1H3,(H,28,29)/p+1. The van der Waals surface area contributed by atoms with E-state index in [1.807, 2.05) is 72.0 Å². The van der Waals surface area contributed by atoms with Crippen LogP contribution in [-0.4, -0.2) is 29.6 Å². The first-order chi connectivity index (χ1) is 16.2. The van der Waals surface area contributed by atoms with Crippen LogP contribution in [0.15, 0.2) is 85.3 Å². The fraction of sp³-hybridized carbons (Fsp3) is 0.115. The largest absolute Gasteiger partial charge is 0.497 e. The van der Waals surface area contributed by atoms with Gasteiger partial charge in [-0.25, -0.2) is 4.98 Å². The van der Waals surface area contributed by atoms with Crippen molar-refractivity contribution in [3.05, 3.63) is 90.9 Å². The van der Waals surface area contributed by atoms with Crippen molar-refractivity contribution < 1.29 is 19.6 Å². The molecule has 1 amide bonds. The number of aromatic nitrogens is 2. The van der Waals surface area contributed by atoms with Crippen LogP contribution in [0.25, 0.3) is 11.1 Å². The van der Waals surface area contributed by atoms with Gasteiger partial charge in [0.1, 0.15) is 17.2 Å². The van der Waals surface area contributed by atoms with Crippen molar-refractivity contribution in [3.8, 4) is 22.6 Å². The van der Waals surface area contributed by atoms with Gasteiger partial charge in [-0.1, -0.05) is 18.2 Å². The molecule has 0 atom stereocenters. The molecule has 1 aliphatic rings. The molecular formula is C26H23N4O3+. The van der Waals surface area contributed by atoms with Gasteiger partial charge in [-0.05, 0) is 53.1 Å². The molecule has 0 aliphatic carbocycles. The van der Waals surface area contributed by atoms with Gasteiger partial charge in [0.15, 0.2) is 6.61 Å². The zero-order valence-electron chi connectivity index (χ0n) is 18.1. The number of methoxy groups -OCH3 is 1. The lowest BCUT2D eigenvalue weighted by atomic mass is 10.0. The van der Waals surface area contributed by atoms with E-state index in [1.165, 1.54) is 0 Å². The number of hydrogen-bond acceptors (Lipinski definition) is 5. The van der Waals surface area contributed by atoms with Crippen molar-refractivity contribution in [2.45, 2.75) is 6.54 Å². The van der Waals surface area contributed by atoms with Crippen molar-refractivity contribution >= 4 is 23.1 Å². The van der Waals surface area contributed by atoms with Crippen molar-refractivity contribution in [2.75, 3.05) is 18.6 Å². The van der Waals surface area contributed by atoms with Crippen LogP contribution >= 0.6 is 0 Å². The molecule has 33 heavy (non-hydrogen) atoms. The summed E-state index contributed by atoms with van der Waals surface area (Å²) in [5.74, 6) is 2.25. The lowest BCUT2D eigenvalue weighted by Crippen LogP contribution is -2.71. The molecule has 164 valence electrons. The highest BCUT2D eigenvalue weighted by Gasteiger charge is 2.26. The second kappa shape index (κ2) is 9.10. The Hall–Kier alpha value is -4.23. The lowest BCUT2D eigenvalue weighted by molar-refractivity contribution is -0.483. The van der Waals surface area contributed by atoms with Gasteiger partial charge in [-0.2, -0.15) is 0 Å². The number of ether oxygens (including phenoxy) is 2. The molecule has 5 rings (SSSR count). The molecule has 2 aromatic heterocycles. The van der Waals surface area contributed by atoms with E-state index in [0.29, 0.717) is 12.3 Å². The maximum absolute atomic E-state index is 12.7. The predicted molar refractivity (Wildman–Crippen MR) is 125 cm³/mol. The van der Waals surface area contributed by atoms with Crippen molar-refractivity contribution in [1.82, 2.24) is 9.97 Å². The average molecular weight is 439 g/mol. The number of carbonyl (C=O) groups excluding carboxylic acids is 1. The third kappa shape index (κ3) is 4.53. The fourth-order valence-corrected chi connectivity index (χ4v) is 3.84. The fourth-order valence-electron chi connectivity index (χ4n) is 3.84. The number of quaternary nitrogens is 1. The summed E-state index contributed by atoms with van der Waals surface area (Å²) in [7, 11) is 1.65. The van der Waals surface area contributed by atoms with Crippen LogP contribution in [0.1, 0.15) is 5.56 Å². The molecule has 4 aromatic rings. The number of carbonyl (C=O) groups is 1. The third-order valence-corrected chi connectivity index (χ3v) is 5.49. The van der Waals surface area contributed by atoms with Gasteiger partial charge in [-0.15, -0.1) is 0 Å². The van der Waals surface area contributed by atoms with E-state index in [-0.39, 0.29) is 12.5 Å². The second-order valence-electron chi connectivity index (χ2n) is 7.70. The van der Waals surface area contributed by atoms with Crippen LogP contribution in [0, 0.1) is 0 Å².